The Hall–Kier alpha value is 0.310. The summed E-state index contributed by atoms with van der Waals surface area (Å²) in [6.07, 6.45) is 6.11. The molecule has 0 aliphatic heterocycles. The van der Waals surface area contributed by atoms with Crippen LogP contribution in [0.3, 0.4) is 0 Å². The Morgan fingerprint density at radius 3 is 2.15 bits per heavy atom. The normalized spacial score (nSPS) is 16.2. The minimum absolute atomic E-state index is 0.522. The molecule has 0 aromatic rings. The van der Waals surface area contributed by atoms with Crippen molar-refractivity contribution < 1.29 is 0 Å². The van der Waals surface area contributed by atoms with Gasteiger partial charge in [0.1, 0.15) is 0 Å². The average Bonchev–Trinajstić information content (AvgIpc) is 2.15. The van der Waals surface area contributed by atoms with Crippen molar-refractivity contribution in [3.63, 3.8) is 0 Å². The Morgan fingerprint density at radius 2 is 1.85 bits per heavy atom. The molecule has 0 radical (unpaired) electrons. The first-order valence-corrected chi connectivity index (χ1v) is 6.59. The van der Waals surface area contributed by atoms with E-state index in [4.69, 9.17) is 0 Å². The van der Waals surface area contributed by atoms with Gasteiger partial charge in [-0.05, 0) is 24.5 Å². The fraction of sp³-hybridized carbons (Fsp3) is 1.00. The summed E-state index contributed by atoms with van der Waals surface area (Å²) in [7, 11) is 0. The molecule has 0 saturated carbocycles. The van der Waals surface area contributed by atoms with Gasteiger partial charge < -0.3 is 0 Å². The van der Waals surface area contributed by atoms with Crippen LogP contribution in [0.5, 0.6) is 0 Å². The van der Waals surface area contributed by atoms with E-state index in [-0.39, 0.29) is 0 Å². The van der Waals surface area contributed by atoms with Gasteiger partial charge in [0, 0.05) is 13.1 Å². The molecule has 0 heterocycles. The summed E-state index contributed by atoms with van der Waals surface area (Å²) in [6.45, 7) is 11.6. The molecule has 0 spiro atoms. The second kappa shape index (κ2) is 6.72. The molecule has 0 amide bonds. The van der Waals surface area contributed by atoms with Crippen LogP contribution < -0.4 is 0 Å². The summed E-state index contributed by atoms with van der Waals surface area (Å²) < 4.78 is 2.46. The van der Waals surface area contributed by atoms with Crippen molar-refractivity contribution in [1.29, 1.82) is 0 Å². The summed E-state index contributed by atoms with van der Waals surface area (Å²) in [5.41, 5.74) is 0.522. The molecule has 0 N–H and O–H groups in total. The van der Waals surface area contributed by atoms with E-state index >= 15 is 0 Å². The lowest BCUT2D eigenvalue weighted by atomic mass is 9.83. The van der Waals surface area contributed by atoms with Crippen molar-refractivity contribution in [1.82, 2.24) is 4.31 Å². The largest absolute Gasteiger partial charge is 0.251 e. The van der Waals surface area contributed by atoms with E-state index in [9.17, 15) is 0 Å². The van der Waals surface area contributed by atoms with Crippen molar-refractivity contribution in [2.24, 2.45) is 5.41 Å². The Balaban J connectivity index is 4.07. The van der Waals surface area contributed by atoms with Crippen LogP contribution in [0.15, 0.2) is 0 Å². The topological polar surface area (TPSA) is 3.24 Å². The molecule has 2 heteroatoms. The van der Waals surface area contributed by atoms with Crippen molar-refractivity contribution in [2.75, 3.05) is 19.3 Å². The second-order valence-electron chi connectivity index (χ2n) is 4.05. The standard InChI is InChI=1S/C11H25NS/c1-6-9-11(4,7-2)10-12(8-3)13-5/h6-10H2,1-5H3. The third-order valence-corrected chi connectivity index (χ3v) is 3.78. The molecule has 0 bridgehead atoms. The maximum Gasteiger partial charge on any atom is 0.0143 e. The Labute approximate surface area is 88.4 Å². The summed E-state index contributed by atoms with van der Waals surface area (Å²) in [5, 5.41) is 0. The lowest BCUT2D eigenvalue weighted by Crippen LogP contribution is -2.31. The number of nitrogens with zero attached hydrogens (tertiary/aromatic N) is 1. The van der Waals surface area contributed by atoms with Crippen molar-refractivity contribution in [2.45, 2.75) is 47.0 Å². The van der Waals surface area contributed by atoms with Crippen molar-refractivity contribution >= 4 is 11.9 Å². The van der Waals surface area contributed by atoms with E-state index in [2.05, 4.69) is 38.3 Å². The molecule has 0 aliphatic carbocycles. The van der Waals surface area contributed by atoms with E-state index in [1.54, 1.807) is 0 Å². The molecule has 0 aliphatic rings. The molecule has 0 aromatic heterocycles. The Kier molecular flexibility index (Phi) is 6.88. The quantitative estimate of drug-likeness (QED) is 0.579. The zero-order valence-electron chi connectivity index (χ0n) is 9.89. The molecule has 1 nitrogen and oxygen atoms in total. The fourth-order valence-electron chi connectivity index (χ4n) is 1.70. The highest BCUT2D eigenvalue weighted by atomic mass is 32.2. The summed E-state index contributed by atoms with van der Waals surface area (Å²) in [4.78, 5) is 0. The van der Waals surface area contributed by atoms with Crippen LogP contribution in [0, 0.1) is 5.41 Å². The number of hydrogen-bond acceptors (Lipinski definition) is 2. The van der Waals surface area contributed by atoms with Crippen LogP contribution in [0.4, 0.5) is 0 Å². The molecular weight excluding hydrogens is 178 g/mol. The smallest absolute Gasteiger partial charge is 0.0143 e. The van der Waals surface area contributed by atoms with Gasteiger partial charge in [0.25, 0.3) is 0 Å². The minimum atomic E-state index is 0.522. The lowest BCUT2D eigenvalue weighted by Gasteiger charge is -2.33. The van der Waals surface area contributed by atoms with E-state index in [1.807, 2.05) is 11.9 Å². The maximum absolute atomic E-state index is 2.46. The predicted molar refractivity (Wildman–Crippen MR) is 64.1 cm³/mol. The highest BCUT2D eigenvalue weighted by Crippen LogP contribution is 2.29. The van der Waals surface area contributed by atoms with Gasteiger partial charge in [-0.25, -0.2) is 0 Å². The summed E-state index contributed by atoms with van der Waals surface area (Å²) >= 11 is 1.87. The Morgan fingerprint density at radius 1 is 1.23 bits per heavy atom. The minimum Gasteiger partial charge on any atom is -0.251 e. The first-order valence-electron chi connectivity index (χ1n) is 5.41. The van der Waals surface area contributed by atoms with Crippen LogP contribution in [0.1, 0.15) is 47.0 Å². The average molecular weight is 203 g/mol. The summed E-state index contributed by atoms with van der Waals surface area (Å²) in [6, 6.07) is 0. The van der Waals surface area contributed by atoms with Crippen LogP contribution in [0.2, 0.25) is 0 Å². The molecule has 0 saturated heterocycles. The van der Waals surface area contributed by atoms with Crippen molar-refractivity contribution in [3.05, 3.63) is 0 Å². The molecule has 1 unspecified atom stereocenters. The predicted octanol–water partition coefficient (Wildman–Crippen LogP) is 3.80. The summed E-state index contributed by atoms with van der Waals surface area (Å²) in [5.74, 6) is 0. The third kappa shape index (κ3) is 4.92. The molecule has 80 valence electrons. The van der Waals surface area contributed by atoms with E-state index in [0.717, 1.165) is 6.54 Å². The van der Waals surface area contributed by atoms with Crippen LogP contribution in [0.25, 0.3) is 0 Å². The zero-order chi connectivity index (χ0) is 10.3. The van der Waals surface area contributed by atoms with Gasteiger partial charge in [0.15, 0.2) is 0 Å². The van der Waals surface area contributed by atoms with Gasteiger partial charge in [-0.1, -0.05) is 46.1 Å². The van der Waals surface area contributed by atoms with Gasteiger partial charge in [-0.2, -0.15) is 0 Å². The SMILES string of the molecule is CCCC(C)(CC)CN(CC)SC. The highest BCUT2D eigenvalue weighted by molar-refractivity contribution is 7.96. The van der Waals surface area contributed by atoms with Gasteiger partial charge in [0.2, 0.25) is 0 Å². The molecular formula is C11H25NS. The number of rotatable bonds is 7. The molecule has 0 rings (SSSR count). The molecule has 0 fully saturated rings. The van der Waals surface area contributed by atoms with E-state index < -0.39 is 0 Å². The maximum atomic E-state index is 2.46. The monoisotopic (exact) mass is 203 g/mol. The number of hydrogen-bond donors (Lipinski definition) is 0. The van der Waals surface area contributed by atoms with Gasteiger partial charge >= 0.3 is 0 Å². The zero-order valence-corrected chi connectivity index (χ0v) is 10.7. The third-order valence-electron chi connectivity index (χ3n) is 2.88. The van der Waals surface area contributed by atoms with E-state index in [1.165, 1.54) is 25.8 Å². The van der Waals surface area contributed by atoms with Gasteiger partial charge in [-0.15, -0.1) is 0 Å². The van der Waals surface area contributed by atoms with Crippen LogP contribution >= 0.6 is 11.9 Å². The van der Waals surface area contributed by atoms with Gasteiger partial charge in [0.05, 0.1) is 0 Å². The first kappa shape index (κ1) is 13.3. The first-order chi connectivity index (χ1) is 6.11. The van der Waals surface area contributed by atoms with Crippen LogP contribution in [-0.4, -0.2) is 23.7 Å². The molecule has 0 aromatic carbocycles. The second-order valence-corrected chi connectivity index (χ2v) is 4.93. The van der Waals surface area contributed by atoms with Crippen LogP contribution in [-0.2, 0) is 0 Å². The molecule has 1 atom stereocenters. The molecule has 13 heavy (non-hydrogen) atoms. The van der Waals surface area contributed by atoms with Crippen molar-refractivity contribution in [3.8, 4) is 0 Å². The highest BCUT2D eigenvalue weighted by Gasteiger charge is 2.23. The van der Waals surface area contributed by atoms with E-state index in [0.29, 0.717) is 5.41 Å². The lowest BCUT2D eigenvalue weighted by molar-refractivity contribution is 0.223. The Bertz CT molecular complexity index is 123. The fourth-order valence-corrected chi connectivity index (χ4v) is 2.40. The van der Waals surface area contributed by atoms with Gasteiger partial charge in [-0.3, -0.25) is 4.31 Å².